The van der Waals surface area contributed by atoms with Crippen molar-refractivity contribution in [3.05, 3.63) is 48.6 Å². The van der Waals surface area contributed by atoms with Crippen molar-refractivity contribution < 1.29 is 32.9 Å². The van der Waals surface area contributed by atoms with Crippen LogP contribution in [0.4, 0.5) is 0 Å². The largest absolute Gasteiger partial charge is 0.472 e. The first-order valence-corrected chi connectivity index (χ1v) is 33.0. The Hall–Kier alpha value is -1.54. The minimum absolute atomic E-state index is 0.0542. The molecule has 0 heterocycles. The van der Waals surface area contributed by atoms with E-state index in [1.54, 1.807) is 6.08 Å². The molecule has 0 spiro atoms. The number of rotatable bonds is 58. The second kappa shape index (κ2) is 55.2. The Morgan fingerprint density at radius 1 is 0.452 bits per heavy atom. The molecule has 0 radical (unpaired) electrons. The molecule has 430 valence electrons. The van der Waals surface area contributed by atoms with Gasteiger partial charge in [0.15, 0.2) is 0 Å². The van der Waals surface area contributed by atoms with E-state index in [0.29, 0.717) is 17.4 Å². The molecule has 0 aromatic carbocycles. The third kappa shape index (κ3) is 58.0. The summed E-state index contributed by atoms with van der Waals surface area (Å²) in [5.41, 5.74) is 0. The highest BCUT2D eigenvalue weighted by atomic mass is 31.2. The van der Waals surface area contributed by atoms with Crippen LogP contribution in [0.2, 0.25) is 0 Å². The molecule has 8 nitrogen and oxygen atoms in total. The molecule has 0 aromatic heterocycles. The predicted molar refractivity (Wildman–Crippen MR) is 318 cm³/mol. The Kier molecular flexibility index (Phi) is 54.1. The van der Waals surface area contributed by atoms with Crippen molar-refractivity contribution >= 4 is 13.7 Å². The summed E-state index contributed by atoms with van der Waals surface area (Å²) in [5, 5.41) is 13.9. The molecule has 3 N–H and O–H groups in total. The molecule has 0 saturated heterocycles. The standard InChI is InChI=1S/C64H123N2O6P/c1-6-8-10-12-14-16-18-20-22-24-25-26-27-28-29-30-31-32-33-34-35-36-37-38-39-40-41-42-44-46-48-50-52-54-56-58-64(68)65-62(61-72-73(69,70)71-60-59-66(3,4)5)63(67)57-55-53-51-49-47-45-43-23-21-19-17-15-13-11-9-7-2/h21,23-25,47,49,55,57,62-63,67H,6-20,22,26-46,48,50-54,56,58-61H2,1-5H3,(H-,65,68,69,70)/p+1/b23-21+,25-24-,49-47+,57-55+. The van der Waals surface area contributed by atoms with Crippen LogP contribution in [0.25, 0.3) is 0 Å². The molecule has 0 bridgehead atoms. The number of carbonyl (C=O) groups is 1. The normalized spacial score (nSPS) is 14.1. The van der Waals surface area contributed by atoms with Gasteiger partial charge in [0.05, 0.1) is 39.9 Å². The summed E-state index contributed by atoms with van der Waals surface area (Å²) >= 11 is 0. The average Bonchev–Trinajstić information content (AvgIpc) is 3.35. The van der Waals surface area contributed by atoms with E-state index in [9.17, 15) is 19.4 Å². The lowest BCUT2D eigenvalue weighted by molar-refractivity contribution is -0.870. The van der Waals surface area contributed by atoms with Crippen molar-refractivity contribution in [3.63, 3.8) is 0 Å². The zero-order chi connectivity index (χ0) is 53.5. The fourth-order valence-corrected chi connectivity index (χ4v) is 10.0. The van der Waals surface area contributed by atoms with Crippen LogP contribution in [-0.2, 0) is 18.4 Å². The van der Waals surface area contributed by atoms with E-state index in [1.165, 1.54) is 238 Å². The topological polar surface area (TPSA) is 105 Å². The van der Waals surface area contributed by atoms with Crippen molar-refractivity contribution in [3.8, 4) is 0 Å². The predicted octanol–water partition coefficient (Wildman–Crippen LogP) is 19.5. The van der Waals surface area contributed by atoms with Crippen LogP contribution in [0.5, 0.6) is 0 Å². The lowest BCUT2D eigenvalue weighted by Crippen LogP contribution is -2.45. The maximum absolute atomic E-state index is 13.0. The SMILES string of the molecule is CCCCCCCC/C=C/CC/C=C/CC/C=C/C(O)C(COP(=O)(O)OCC[N+](C)(C)C)NC(=O)CCCCCCCCCCCCCCCCCCCCCCCCC/C=C\CCCCCCCCCC. The van der Waals surface area contributed by atoms with E-state index in [4.69, 9.17) is 9.05 Å². The van der Waals surface area contributed by atoms with Crippen LogP contribution in [0.1, 0.15) is 303 Å². The van der Waals surface area contributed by atoms with Gasteiger partial charge in [-0.25, -0.2) is 4.57 Å². The molecule has 0 aliphatic rings. The van der Waals surface area contributed by atoms with Gasteiger partial charge in [0.2, 0.25) is 5.91 Å². The second-order valence-electron chi connectivity index (χ2n) is 22.8. The smallest absolute Gasteiger partial charge is 0.387 e. The number of aliphatic hydroxyl groups excluding tert-OH is 1. The van der Waals surface area contributed by atoms with Gasteiger partial charge in [-0.05, 0) is 70.6 Å². The van der Waals surface area contributed by atoms with E-state index in [1.807, 2.05) is 27.2 Å². The van der Waals surface area contributed by atoms with Gasteiger partial charge >= 0.3 is 7.82 Å². The zero-order valence-electron chi connectivity index (χ0n) is 49.1. The van der Waals surface area contributed by atoms with Crippen molar-refractivity contribution in [2.45, 2.75) is 315 Å². The zero-order valence-corrected chi connectivity index (χ0v) is 50.0. The van der Waals surface area contributed by atoms with Crippen LogP contribution >= 0.6 is 7.82 Å². The van der Waals surface area contributed by atoms with Crippen LogP contribution in [-0.4, -0.2) is 73.4 Å². The van der Waals surface area contributed by atoms with Crippen molar-refractivity contribution in [2.75, 3.05) is 40.9 Å². The van der Waals surface area contributed by atoms with Crippen LogP contribution in [0.15, 0.2) is 48.6 Å². The van der Waals surface area contributed by atoms with E-state index < -0.39 is 20.0 Å². The van der Waals surface area contributed by atoms with Gasteiger partial charge in [0, 0.05) is 6.42 Å². The number of phosphoric ester groups is 1. The van der Waals surface area contributed by atoms with Gasteiger partial charge in [-0.3, -0.25) is 13.8 Å². The Bertz CT molecular complexity index is 1330. The van der Waals surface area contributed by atoms with E-state index >= 15 is 0 Å². The summed E-state index contributed by atoms with van der Waals surface area (Å²) in [6.45, 7) is 4.80. The van der Waals surface area contributed by atoms with Crippen molar-refractivity contribution in [1.29, 1.82) is 0 Å². The molecule has 0 fully saturated rings. The third-order valence-electron chi connectivity index (χ3n) is 14.2. The van der Waals surface area contributed by atoms with Crippen LogP contribution < -0.4 is 5.32 Å². The number of hydrogen-bond acceptors (Lipinski definition) is 5. The van der Waals surface area contributed by atoms with Gasteiger partial charge in [-0.15, -0.1) is 0 Å². The fraction of sp³-hybridized carbons (Fsp3) is 0.859. The lowest BCUT2D eigenvalue weighted by atomic mass is 10.0. The minimum atomic E-state index is -4.36. The maximum Gasteiger partial charge on any atom is 0.472 e. The molecular weight excluding hydrogens is 924 g/mol. The molecule has 0 saturated carbocycles. The van der Waals surface area contributed by atoms with E-state index in [2.05, 4.69) is 55.6 Å². The van der Waals surface area contributed by atoms with Crippen molar-refractivity contribution in [2.24, 2.45) is 0 Å². The number of likely N-dealkylation sites (N-methyl/N-ethyl adjacent to an activating group) is 1. The van der Waals surface area contributed by atoms with Crippen LogP contribution in [0.3, 0.4) is 0 Å². The molecule has 0 rings (SSSR count). The number of amides is 1. The number of nitrogens with one attached hydrogen (secondary N) is 1. The summed E-state index contributed by atoms with van der Waals surface area (Å²) in [6, 6.07) is -0.869. The second-order valence-corrected chi connectivity index (χ2v) is 24.2. The Morgan fingerprint density at radius 2 is 0.753 bits per heavy atom. The van der Waals surface area contributed by atoms with E-state index in [0.717, 1.165) is 44.9 Å². The number of hydrogen-bond donors (Lipinski definition) is 3. The number of quaternary nitrogens is 1. The van der Waals surface area contributed by atoms with Gasteiger partial charge in [-0.2, -0.15) is 0 Å². The molecule has 1 amide bonds. The highest BCUT2D eigenvalue weighted by Gasteiger charge is 2.27. The monoisotopic (exact) mass is 1050 g/mol. The first-order chi connectivity index (χ1) is 35.5. The molecule has 0 aliphatic carbocycles. The van der Waals surface area contributed by atoms with Crippen molar-refractivity contribution in [1.82, 2.24) is 5.32 Å². The number of phosphoric acid groups is 1. The van der Waals surface area contributed by atoms with Gasteiger partial charge < -0.3 is 19.8 Å². The van der Waals surface area contributed by atoms with E-state index in [-0.39, 0.29) is 19.1 Å². The highest BCUT2D eigenvalue weighted by molar-refractivity contribution is 7.47. The Morgan fingerprint density at radius 3 is 1.10 bits per heavy atom. The van der Waals surface area contributed by atoms with Gasteiger partial charge in [-0.1, -0.05) is 274 Å². The minimum Gasteiger partial charge on any atom is -0.387 e. The Labute approximate surface area is 454 Å². The maximum atomic E-state index is 13.0. The molecular formula is C64H124N2O6P+. The molecule has 0 aliphatic heterocycles. The lowest BCUT2D eigenvalue weighted by Gasteiger charge is -2.25. The molecule has 3 unspecified atom stereocenters. The Balaban J connectivity index is 4.00. The number of nitrogens with zero attached hydrogens (tertiary/aromatic N) is 1. The summed E-state index contributed by atoms with van der Waals surface area (Å²) in [5.74, 6) is -0.187. The first kappa shape index (κ1) is 71.5. The van der Waals surface area contributed by atoms with Crippen LogP contribution in [0, 0.1) is 0 Å². The number of allylic oxidation sites excluding steroid dienone is 7. The number of unbranched alkanes of at least 4 members (excludes halogenated alkanes) is 39. The first-order valence-electron chi connectivity index (χ1n) is 31.5. The molecule has 73 heavy (non-hydrogen) atoms. The fourth-order valence-electron chi connectivity index (χ4n) is 9.31. The molecule has 9 heteroatoms. The summed E-state index contributed by atoms with van der Waals surface area (Å²) in [7, 11) is 1.55. The van der Waals surface area contributed by atoms with Gasteiger partial charge in [0.25, 0.3) is 0 Å². The quantitative estimate of drug-likeness (QED) is 0.0243. The highest BCUT2D eigenvalue weighted by Crippen LogP contribution is 2.43. The van der Waals surface area contributed by atoms with Gasteiger partial charge in [0.1, 0.15) is 13.2 Å². The number of aliphatic hydroxyl groups is 1. The molecule has 0 aromatic rings. The summed E-state index contributed by atoms with van der Waals surface area (Å²) < 4.78 is 23.7. The molecule has 3 atom stereocenters. The summed E-state index contributed by atoms with van der Waals surface area (Å²) in [6.07, 6.45) is 74.0. The number of carbonyl (C=O) groups excluding carboxylic acids is 1. The third-order valence-corrected chi connectivity index (χ3v) is 15.2. The average molecular weight is 1050 g/mol. The summed E-state index contributed by atoms with van der Waals surface area (Å²) in [4.78, 5) is 23.3.